The number of benzene rings is 2. The molecule has 0 saturated heterocycles. The van der Waals surface area contributed by atoms with E-state index in [-0.39, 0.29) is 16.3 Å². The predicted molar refractivity (Wildman–Crippen MR) is 97.9 cm³/mol. The highest BCUT2D eigenvalue weighted by Crippen LogP contribution is 2.36. The number of anilines is 1. The van der Waals surface area contributed by atoms with E-state index >= 15 is 0 Å². The Kier molecular flexibility index (Phi) is 6.58. The molecule has 0 aliphatic carbocycles. The van der Waals surface area contributed by atoms with Gasteiger partial charge < -0.3 is 10.1 Å². The van der Waals surface area contributed by atoms with E-state index in [0.29, 0.717) is 6.07 Å². The van der Waals surface area contributed by atoms with E-state index in [2.05, 4.69) is 5.32 Å². The normalized spacial score (nSPS) is 12.1. The van der Waals surface area contributed by atoms with Crippen molar-refractivity contribution in [3.8, 4) is 5.75 Å². The number of sulfonamides is 1. The molecular weight excluding hydrogens is 421 g/mol. The van der Waals surface area contributed by atoms with Crippen LogP contribution < -0.4 is 10.1 Å². The van der Waals surface area contributed by atoms with E-state index < -0.39 is 39.2 Å². The molecule has 1 amide bonds. The van der Waals surface area contributed by atoms with Gasteiger partial charge in [-0.1, -0.05) is 23.7 Å². The number of hydrogen-bond acceptors (Lipinski definition) is 4. The van der Waals surface area contributed by atoms with E-state index in [1.165, 1.54) is 38.4 Å². The first-order valence-electron chi connectivity index (χ1n) is 7.72. The number of likely N-dealkylation sites (N-methyl/N-ethyl adjacent to an activating group) is 1. The number of carbonyl (C=O) groups excluding carboxylic acids is 1. The molecule has 1 N–H and O–H groups in total. The molecule has 2 aromatic carbocycles. The number of halogens is 4. The smallest absolute Gasteiger partial charge is 0.417 e. The van der Waals surface area contributed by atoms with Crippen molar-refractivity contribution in [2.75, 3.05) is 26.0 Å². The first-order chi connectivity index (χ1) is 13.0. The van der Waals surface area contributed by atoms with Gasteiger partial charge in [-0.15, -0.1) is 0 Å². The Labute approximate surface area is 164 Å². The SMILES string of the molecule is COc1ccccc1S(=O)(=O)N(C)CC(=O)Nc1ccc(Cl)c(C(F)(F)F)c1. The highest BCUT2D eigenvalue weighted by Gasteiger charge is 2.33. The summed E-state index contributed by atoms with van der Waals surface area (Å²) < 4.78 is 69.7. The zero-order chi connectivity index (χ0) is 21.1. The molecule has 28 heavy (non-hydrogen) atoms. The van der Waals surface area contributed by atoms with Crippen molar-refractivity contribution in [1.82, 2.24) is 4.31 Å². The van der Waals surface area contributed by atoms with Crippen LogP contribution in [-0.4, -0.2) is 39.3 Å². The molecule has 0 heterocycles. The van der Waals surface area contributed by atoms with Gasteiger partial charge in [0.1, 0.15) is 10.6 Å². The van der Waals surface area contributed by atoms with E-state index in [4.69, 9.17) is 16.3 Å². The number of ether oxygens (including phenoxy) is 1. The van der Waals surface area contributed by atoms with Crippen molar-refractivity contribution in [2.24, 2.45) is 0 Å². The molecule has 152 valence electrons. The van der Waals surface area contributed by atoms with Crippen molar-refractivity contribution in [2.45, 2.75) is 11.1 Å². The van der Waals surface area contributed by atoms with E-state index in [0.717, 1.165) is 10.4 Å². The Balaban J connectivity index is 2.17. The van der Waals surface area contributed by atoms with Crippen LogP contribution in [-0.2, 0) is 21.0 Å². The van der Waals surface area contributed by atoms with Gasteiger partial charge in [0.15, 0.2) is 0 Å². The molecule has 0 atom stereocenters. The first-order valence-corrected chi connectivity index (χ1v) is 9.54. The number of amides is 1. The lowest BCUT2D eigenvalue weighted by molar-refractivity contribution is -0.137. The number of alkyl halides is 3. The number of para-hydroxylation sites is 1. The number of methoxy groups -OCH3 is 1. The average molecular weight is 437 g/mol. The summed E-state index contributed by atoms with van der Waals surface area (Å²) in [5.74, 6) is -0.723. The van der Waals surface area contributed by atoms with E-state index in [9.17, 15) is 26.4 Å². The zero-order valence-electron chi connectivity index (χ0n) is 14.7. The highest BCUT2D eigenvalue weighted by atomic mass is 35.5. The zero-order valence-corrected chi connectivity index (χ0v) is 16.3. The minimum Gasteiger partial charge on any atom is -0.495 e. The Bertz CT molecular complexity index is 981. The third kappa shape index (κ3) is 4.94. The second-order valence-corrected chi connectivity index (χ2v) is 8.07. The van der Waals surface area contributed by atoms with Crippen molar-refractivity contribution < 1.29 is 31.1 Å². The topological polar surface area (TPSA) is 75.7 Å². The summed E-state index contributed by atoms with van der Waals surface area (Å²) in [6.45, 7) is -0.621. The summed E-state index contributed by atoms with van der Waals surface area (Å²) in [5, 5.41) is 1.72. The van der Waals surface area contributed by atoms with Crippen LogP contribution in [0.15, 0.2) is 47.4 Å². The van der Waals surface area contributed by atoms with Crippen LogP contribution in [0.1, 0.15) is 5.56 Å². The molecule has 0 aliphatic heterocycles. The summed E-state index contributed by atoms with van der Waals surface area (Å²) in [6.07, 6.45) is -4.69. The summed E-state index contributed by atoms with van der Waals surface area (Å²) in [5.41, 5.74) is -1.27. The quantitative estimate of drug-likeness (QED) is 0.750. The Morgan fingerprint density at radius 2 is 1.86 bits per heavy atom. The molecule has 0 saturated carbocycles. The lowest BCUT2D eigenvalue weighted by Gasteiger charge is -2.18. The van der Waals surface area contributed by atoms with Crippen molar-refractivity contribution in [3.05, 3.63) is 53.1 Å². The van der Waals surface area contributed by atoms with Gasteiger partial charge in [0, 0.05) is 12.7 Å². The van der Waals surface area contributed by atoms with Gasteiger partial charge >= 0.3 is 6.18 Å². The Hall–Kier alpha value is -2.30. The number of rotatable bonds is 6. The van der Waals surface area contributed by atoms with Crippen LogP contribution >= 0.6 is 11.6 Å². The van der Waals surface area contributed by atoms with E-state index in [1.54, 1.807) is 6.07 Å². The van der Waals surface area contributed by atoms with Crippen LogP contribution in [0, 0.1) is 0 Å². The van der Waals surface area contributed by atoms with Gasteiger partial charge in [-0.2, -0.15) is 17.5 Å². The summed E-state index contributed by atoms with van der Waals surface area (Å²) in [7, 11) is -1.58. The lowest BCUT2D eigenvalue weighted by atomic mass is 10.2. The molecule has 11 heteroatoms. The largest absolute Gasteiger partial charge is 0.495 e. The molecule has 2 rings (SSSR count). The van der Waals surface area contributed by atoms with Crippen LogP contribution in [0.5, 0.6) is 5.75 Å². The number of nitrogens with one attached hydrogen (secondary N) is 1. The second kappa shape index (κ2) is 8.38. The fourth-order valence-electron chi connectivity index (χ4n) is 2.31. The van der Waals surface area contributed by atoms with E-state index in [1.807, 2.05) is 0 Å². The minimum absolute atomic E-state index is 0.0993. The lowest BCUT2D eigenvalue weighted by Crippen LogP contribution is -2.35. The van der Waals surface area contributed by atoms with Gasteiger partial charge in [0.25, 0.3) is 0 Å². The third-order valence-corrected chi connectivity index (χ3v) is 5.85. The molecule has 0 spiro atoms. The fourth-order valence-corrected chi connectivity index (χ4v) is 3.81. The molecule has 0 aromatic heterocycles. The Morgan fingerprint density at radius 1 is 1.21 bits per heavy atom. The van der Waals surface area contributed by atoms with Gasteiger partial charge in [0.05, 0.1) is 24.2 Å². The molecule has 0 radical (unpaired) electrons. The molecule has 6 nitrogen and oxygen atoms in total. The molecule has 0 unspecified atom stereocenters. The molecule has 0 aliphatic rings. The van der Waals surface area contributed by atoms with Crippen molar-refractivity contribution in [1.29, 1.82) is 0 Å². The molecule has 2 aromatic rings. The van der Waals surface area contributed by atoms with Crippen molar-refractivity contribution in [3.63, 3.8) is 0 Å². The van der Waals surface area contributed by atoms with Gasteiger partial charge in [-0.25, -0.2) is 8.42 Å². The first kappa shape index (κ1) is 22.0. The monoisotopic (exact) mass is 436 g/mol. The Morgan fingerprint density at radius 3 is 2.46 bits per heavy atom. The maximum Gasteiger partial charge on any atom is 0.417 e. The fraction of sp³-hybridized carbons (Fsp3) is 0.235. The number of carbonyl (C=O) groups is 1. The van der Waals surface area contributed by atoms with Gasteiger partial charge in [0.2, 0.25) is 15.9 Å². The van der Waals surface area contributed by atoms with Crippen LogP contribution in [0.2, 0.25) is 5.02 Å². The molecule has 0 bridgehead atoms. The van der Waals surface area contributed by atoms with Gasteiger partial charge in [-0.3, -0.25) is 4.79 Å². The number of hydrogen-bond donors (Lipinski definition) is 1. The summed E-state index contributed by atoms with van der Waals surface area (Å²) in [4.78, 5) is 12.0. The molecular formula is C17H16ClF3N2O4S. The predicted octanol–water partition coefficient (Wildman–Crippen LogP) is 3.63. The van der Waals surface area contributed by atoms with Crippen molar-refractivity contribution >= 4 is 33.2 Å². The van der Waals surface area contributed by atoms with Gasteiger partial charge in [-0.05, 0) is 30.3 Å². The summed E-state index contributed by atoms with van der Waals surface area (Å²) >= 11 is 5.53. The summed E-state index contributed by atoms with van der Waals surface area (Å²) in [6, 6.07) is 8.71. The van der Waals surface area contributed by atoms with Crippen LogP contribution in [0.4, 0.5) is 18.9 Å². The van der Waals surface area contributed by atoms with Crippen LogP contribution in [0.3, 0.4) is 0 Å². The third-order valence-electron chi connectivity index (χ3n) is 3.68. The second-order valence-electron chi connectivity index (χ2n) is 5.65. The standard InChI is InChI=1S/C17H16ClF3N2O4S/c1-23(28(25,26)15-6-4-3-5-14(15)27-2)10-16(24)22-11-7-8-13(18)12(9-11)17(19,20)21/h3-9H,10H2,1-2H3,(H,22,24). The minimum atomic E-state index is -4.69. The molecule has 0 fully saturated rings. The highest BCUT2D eigenvalue weighted by molar-refractivity contribution is 7.89. The number of nitrogens with zero attached hydrogens (tertiary/aromatic N) is 1. The maximum atomic E-state index is 12.9. The average Bonchev–Trinajstić information content (AvgIpc) is 2.62. The maximum absolute atomic E-state index is 12.9. The van der Waals surface area contributed by atoms with Crippen LogP contribution in [0.25, 0.3) is 0 Å².